The van der Waals surface area contributed by atoms with Gasteiger partial charge in [-0.05, 0) is 85.2 Å². The van der Waals surface area contributed by atoms with E-state index in [0.717, 1.165) is 24.1 Å². The number of carboxylic acid groups (broad SMARTS) is 1. The summed E-state index contributed by atoms with van der Waals surface area (Å²) in [6, 6.07) is 23.4. The van der Waals surface area contributed by atoms with Gasteiger partial charge in [0.2, 0.25) is 0 Å². The highest BCUT2D eigenvalue weighted by Gasteiger charge is 2.17. The number of fused-ring (bicyclic) bond motifs is 1. The molecule has 0 aliphatic rings. The van der Waals surface area contributed by atoms with Crippen molar-refractivity contribution in [2.24, 2.45) is 5.92 Å². The molecule has 0 unspecified atom stereocenters. The lowest BCUT2D eigenvalue weighted by Gasteiger charge is -2.10. The van der Waals surface area contributed by atoms with Crippen molar-refractivity contribution in [1.29, 1.82) is 0 Å². The maximum Gasteiger partial charge on any atom is 0.303 e. The first-order valence-electron chi connectivity index (χ1n) is 13.2. The SMILES string of the molecule is CC(C)Cc1ccccc1CC=CCOc1ccc(C(=O)c2cc(CCCC(=O)O)n3ccccc23)cc1. The zero-order valence-electron chi connectivity index (χ0n) is 22.1. The molecule has 0 aliphatic heterocycles. The number of pyridine rings is 1. The molecule has 2 heterocycles. The summed E-state index contributed by atoms with van der Waals surface area (Å²) in [6.45, 7) is 4.94. The number of aromatic nitrogens is 1. The Morgan fingerprint density at radius 1 is 0.947 bits per heavy atom. The van der Waals surface area contributed by atoms with Crippen molar-refractivity contribution in [3.8, 4) is 5.75 Å². The van der Waals surface area contributed by atoms with Gasteiger partial charge in [-0.3, -0.25) is 9.59 Å². The van der Waals surface area contributed by atoms with E-state index in [2.05, 4.69) is 44.2 Å². The molecule has 0 amide bonds. The number of hydrogen-bond acceptors (Lipinski definition) is 3. The number of nitrogens with zero attached hydrogens (tertiary/aromatic N) is 1. The number of benzene rings is 2. The fourth-order valence-electron chi connectivity index (χ4n) is 4.69. The third-order valence-corrected chi connectivity index (χ3v) is 6.54. The summed E-state index contributed by atoms with van der Waals surface area (Å²) in [4.78, 5) is 24.2. The summed E-state index contributed by atoms with van der Waals surface area (Å²) in [5.41, 5.74) is 5.71. The van der Waals surface area contributed by atoms with E-state index < -0.39 is 5.97 Å². The van der Waals surface area contributed by atoms with Crippen LogP contribution in [0, 0.1) is 5.92 Å². The number of aliphatic carboxylic acids is 1. The van der Waals surface area contributed by atoms with Crippen LogP contribution in [0.1, 0.15) is 59.4 Å². The first kappa shape index (κ1) is 26.9. The predicted molar refractivity (Wildman–Crippen MR) is 151 cm³/mol. The number of hydrogen-bond donors (Lipinski definition) is 1. The van der Waals surface area contributed by atoms with Gasteiger partial charge in [0, 0.05) is 29.4 Å². The molecule has 5 nitrogen and oxygen atoms in total. The largest absolute Gasteiger partial charge is 0.490 e. The van der Waals surface area contributed by atoms with E-state index in [1.54, 1.807) is 12.1 Å². The number of ketones is 1. The number of carboxylic acids is 1. The molecule has 0 spiro atoms. The summed E-state index contributed by atoms with van der Waals surface area (Å²) in [6.07, 6.45) is 9.26. The van der Waals surface area contributed by atoms with Crippen molar-refractivity contribution in [3.63, 3.8) is 0 Å². The average Bonchev–Trinajstić information content (AvgIpc) is 3.27. The van der Waals surface area contributed by atoms with E-state index in [-0.39, 0.29) is 12.2 Å². The van der Waals surface area contributed by atoms with Gasteiger partial charge in [-0.1, -0.05) is 56.3 Å². The molecule has 0 fully saturated rings. The molecule has 5 heteroatoms. The van der Waals surface area contributed by atoms with Gasteiger partial charge in [-0.15, -0.1) is 0 Å². The van der Waals surface area contributed by atoms with Crippen molar-refractivity contribution in [2.45, 2.75) is 46.0 Å². The van der Waals surface area contributed by atoms with Gasteiger partial charge in [-0.25, -0.2) is 0 Å². The van der Waals surface area contributed by atoms with Gasteiger partial charge >= 0.3 is 5.97 Å². The molecular weight excluding hydrogens is 474 g/mol. The second-order valence-corrected chi connectivity index (χ2v) is 9.96. The fraction of sp³-hybridized carbons (Fsp3) is 0.273. The number of carbonyl (C=O) groups excluding carboxylic acids is 1. The Morgan fingerprint density at radius 3 is 2.42 bits per heavy atom. The number of allylic oxidation sites excluding steroid dienone is 1. The monoisotopic (exact) mass is 509 g/mol. The maximum atomic E-state index is 13.3. The highest BCUT2D eigenvalue weighted by atomic mass is 16.5. The smallest absolute Gasteiger partial charge is 0.303 e. The Morgan fingerprint density at radius 2 is 1.68 bits per heavy atom. The highest BCUT2D eigenvalue weighted by Crippen LogP contribution is 2.23. The van der Waals surface area contributed by atoms with Crippen molar-refractivity contribution in [1.82, 2.24) is 4.40 Å². The molecule has 0 bridgehead atoms. The van der Waals surface area contributed by atoms with E-state index >= 15 is 0 Å². The van der Waals surface area contributed by atoms with Crippen molar-refractivity contribution < 1.29 is 19.4 Å². The highest BCUT2D eigenvalue weighted by molar-refractivity contribution is 6.13. The number of aryl methyl sites for hydroxylation is 1. The first-order valence-corrected chi connectivity index (χ1v) is 13.2. The molecule has 38 heavy (non-hydrogen) atoms. The van der Waals surface area contributed by atoms with Crippen LogP contribution in [0.15, 0.2) is 91.1 Å². The van der Waals surface area contributed by atoms with E-state index in [0.29, 0.717) is 42.2 Å². The first-order chi connectivity index (χ1) is 18.4. The summed E-state index contributed by atoms with van der Waals surface area (Å²) in [7, 11) is 0. The Bertz CT molecular complexity index is 1410. The van der Waals surface area contributed by atoms with Gasteiger partial charge in [0.1, 0.15) is 12.4 Å². The van der Waals surface area contributed by atoms with Crippen LogP contribution in [0.25, 0.3) is 5.52 Å². The van der Waals surface area contributed by atoms with E-state index in [1.165, 1.54) is 11.1 Å². The Kier molecular flexibility index (Phi) is 9.15. The fourth-order valence-corrected chi connectivity index (χ4v) is 4.69. The molecule has 4 aromatic rings. The van der Waals surface area contributed by atoms with Gasteiger partial charge in [-0.2, -0.15) is 0 Å². The lowest BCUT2D eigenvalue weighted by Crippen LogP contribution is -2.01. The predicted octanol–water partition coefficient (Wildman–Crippen LogP) is 6.95. The van der Waals surface area contributed by atoms with Crippen LogP contribution in [0.4, 0.5) is 0 Å². The Hall–Kier alpha value is -4.12. The lowest BCUT2D eigenvalue weighted by atomic mass is 9.96. The topological polar surface area (TPSA) is 68.0 Å². The molecular formula is C33H35NO4. The number of rotatable bonds is 13. The summed E-state index contributed by atoms with van der Waals surface area (Å²) < 4.78 is 7.84. The van der Waals surface area contributed by atoms with Crippen LogP contribution in [-0.2, 0) is 24.1 Å². The second kappa shape index (κ2) is 12.9. The van der Waals surface area contributed by atoms with E-state index in [9.17, 15) is 9.59 Å². The Balaban J connectivity index is 1.36. The molecule has 2 aromatic heterocycles. The van der Waals surface area contributed by atoms with Gasteiger partial charge in [0.05, 0.1) is 5.52 Å². The van der Waals surface area contributed by atoms with Crippen LogP contribution in [0.3, 0.4) is 0 Å². The average molecular weight is 510 g/mol. The summed E-state index contributed by atoms with van der Waals surface area (Å²) >= 11 is 0. The maximum absolute atomic E-state index is 13.3. The van der Waals surface area contributed by atoms with E-state index in [1.807, 2.05) is 53.1 Å². The molecule has 0 atom stereocenters. The van der Waals surface area contributed by atoms with Crippen LogP contribution < -0.4 is 4.74 Å². The molecule has 0 aliphatic carbocycles. The standard InChI is InChI=1S/C33H35NO4/c1-24(2)22-27-12-4-3-10-25(27)11-6-8-21-38-29-18-16-26(17-19-29)33(37)30-23-28(13-9-15-32(35)36)34-20-7-5-14-31(30)34/h3-8,10,12,14,16-20,23-24H,9,11,13,15,21-22H2,1-2H3,(H,35,36). The van der Waals surface area contributed by atoms with Gasteiger partial charge < -0.3 is 14.2 Å². The van der Waals surface area contributed by atoms with E-state index in [4.69, 9.17) is 9.84 Å². The van der Waals surface area contributed by atoms with Crippen LogP contribution >= 0.6 is 0 Å². The van der Waals surface area contributed by atoms with Gasteiger partial charge in [0.25, 0.3) is 0 Å². The van der Waals surface area contributed by atoms with Gasteiger partial charge in [0.15, 0.2) is 5.78 Å². The van der Waals surface area contributed by atoms with Crippen molar-refractivity contribution in [2.75, 3.05) is 6.61 Å². The third kappa shape index (κ3) is 7.00. The number of ether oxygens (including phenoxy) is 1. The molecule has 196 valence electrons. The molecule has 4 rings (SSSR count). The van der Waals surface area contributed by atoms with Crippen LogP contribution in [0.5, 0.6) is 5.75 Å². The normalized spacial score (nSPS) is 11.4. The van der Waals surface area contributed by atoms with Crippen molar-refractivity contribution >= 4 is 17.3 Å². The van der Waals surface area contributed by atoms with Crippen molar-refractivity contribution in [3.05, 3.63) is 119 Å². The quantitative estimate of drug-likeness (QED) is 0.156. The molecule has 2 aromatic carbocycles. The molecule has 0 saturated heterocycles. The lowest BCUT2D eigenvalue weighted by molar-refractivity contribution is -0.137. The zero-order chi connectivity index (χ0) is 26.9. The number of carbonyl (C=O) groups is 2. The van der Waals surface area contributed by atoms with Crippen LogP contribution in [-0.4, -0.2) is 27.9 Å². The second-order valence-electron chi connectivity index (χ2n) is 9.96. The summed E-state index contributed by atoms with van der Waals surface area (Å²) in [5.74, 6) is 0.458. The Labute approximate surface area is 224 Å². The minimum Gasteiger partial charge on any atom is -0.490 e. The van der Waals surface area contributed by atoms with Crippen LogP contribution in [0.2, 0.25) is 0 Å². The minimum atomic E-state index is -0.813. The zero-order valence-corrected chi connectivity index (χ0v) is 22.1. The molecule has 0 radical (unpaired) electrons. The molecule has 0 saturated carbocycles. The molecule has 1 N–H and O–H groups in total. The third-order valence-electron chi connectivity index (χ3n) is 6.54. The summed E-state index contributed by atoms with van der Waals surface area (Å²) in [5, 5.41) is 8.96. The minimum absolute atomic E-state index is 0.0651.